The van der Waals surface area contributed by atoms with Crippen LogP contribution in [0.3, 0.4) is 0 Å². The summed E-state index contributed by atoms with van der Waals surface area (Å²) >= 11 is 0. The monoisotopic (exact) mass is 547 g/mol. The molecule has 3 aromatic rings. The van der Waals surface area contributed by atoms with Crippen LogP contribution >= 0.6 is 0 Å². The number of sulfone groups is 2. The van der Waals surface area contributed by atoms with Crippen molar-refractivity contribution in [3.63, 3.8) is 0 Å². The molecule has 1 unspecified atom stereocenters. The zero-order valence-electron chi connectivity index (χ0n) is 21.0. The van der Waals surface area contributed by atoms with Gasteiger partial charge in [0.1, 0.15) is 24.1 Å². The highest BCUT2D eigenvalue weighted by molar-refractivity contribution is 7.91. The highest BCUT2D eigenvalue weighted by Crippen LogP contribution is 2.35. The van der Waals surface area contributed by atoms with Crippen molar-refractivity contribution in [3.8, 4) is 5.75 Å². The fraction of sp³-hybridized carbons (Fsp3) is 0.333. The second-order valence-corrected chi connectivity index (χ2v) is 13.3. The Labute approximate surface area is 218 Å². The summed E-state index contributed by atoms with van der Waals surface area (Å²) < 4.78 is 53.2. The quantitative estimate of drug-likeness (QED) is 0.315. The van der Waals surface area contributed by atoms with Crippen molar-refractivity contribution in [2.24, 2.45) is 0 Å². The molecule has 0 fully saturated rings. The van der Waals surface area contributed by atoms with Crippen LogP contribution in [0.15, 0.2) is 88.7 Å². The average molecular weight is 548 g/mol. The SMILES string of the molecule is CC(CC(O)(c1ccc(S(C)(=O)=O)cc1)c1ccc(S(C)(=O)=O)cc1)NC[C@H](O)COc1ccccc1. The fourth-order valence-electron chi connectivity index (χ4n) is 3.98. The van der Waals surface area contributed by atoms with Crippen molar-refractivity contribution in [1.82, 2.24) is 5.32 Å². The van der Waals surface area contributed by atoms with Gasteiger partial charge in [-0.3, -0.25) is 0 Å². The van der Waals surface area contributed by atoms with E-state index in [4.69, 9.17) is 4.74 Å². The zero-order chi connectivity index (χ0) is 27.3. The first-order chi connectivity index (χ1) is 17.3. The summed E-state index contributed by atoms with van der Waals surface area (Å²) in [5.74, 6) is 0.652. The molecule has 0 aliphatic rings. The molecular formula is C27H33NO7S2. The maximum Gasteiger partial charge on any atom is 0.175 e. The van der Waals surface area contributed by atoms with Gasteiger partial charge in [-0.05, 0) is 60.9 Å². The molecule has 3 rings (SSSR count). The van der Waals surface area contributed by atoms with Gasteiger partial charge in [0.05, 0.1) is 9.79 Å². The predicted molar refractivity (Wildman–Crippen MR) is 142 cm³/mol. The van der Waals surface area contributed by atoms with Gasteiger partial charge in [-0.15, -0.1) is 0 Å². The van der Waals surface area contributed by atoms with E-state index in [1.807, 2.05) is 25.1 Å². The lowest BCUT2D eigenvalue weighted by Crippen LogP contribution is -2.41. The van der Waals surface area contributed by atoms with Gasteiger partial charge >= 0.3 is 0 Å². The summed E-state index contributed by atoms with van der Waals surface area (Å²) in [5, 5.41) is 25.4. The van der Waals surface area contributed by atoms with Crippen LogP contribution in [0.2, 0.25) is 0 Å². The van der Waals surface area contributed by atoms with Gasteiger partial charge in [0.15, 0.2) is 19.7 Å². The molecule has 0 heterocycles. The van der Waals surface area contributed by atoms with E-state index < -0.39 is 31.4 Å². The van der Waals surface area contributed by atoms with Crippen molar-refractivity contribution < 1.29 is 31.8 Å². The Morgan fingerprint density at radius 3 is 1.70 bits per heavy atom. The van der Waals surface area contributed by atoms with Gasteiger partial charge in [0, 0.05) is 25.1 Å². The van der Waals surface area contributed by atoms with Crippen molar-refractivity contribution in [1.29, 1.82) is 0 Å². The van der Waals surface area contributed by atoms with Crippen LogP contribution in [0.25, 0.3) is 0 Å². The van der Waals surface area contributed by atoms with Crippen LogP contribution in [0.1, 0.15) is 24.5 Å². The van der Waals surface area contributed by atoms with Gasteiger partial charge in [-0.25, -0.2) is 16.8 Å². The Kier molecular flexibility index (Phi) is 9.14. The summed E-state index contributed by atoms with van der Waals surface area (Å²) in [5.41, 5.74) is -0.661. The Morgan fingerprint density at radius 1 is 0.811 bits per heavy atom. The number of hydrogen-bond donors (Lipinski definition) is 3. The van der Waals surface area contributed by atoms with Crippen molar-refractivity contribution in [2.75, 3.05) is 25.7 Å². The van der Waals surface area contributed by atoms with Gasteiger partial charge in [-0.1, -0.05) is 42.5 Å². The smallest absolute Gasteiger partial charge is 0.175 e. The summed E-state index contributed by atoms with van der Waals surface area (Å²) in [6, 6.07) is 20.8. The van der Waals surface area contributed by atoms with Crippen LogP contribution in [-0.2, 0) is 25.3 Å². The van der Waals surface area contributed by atoms with Gasteiger partial charge in [0.2, 0.25) is 0 Å². The lowest BCUT2D eigenvalue weighted by molar-refractivity contribution is 0.0557. The molecule has 0 aliphatic heterocycles. The number of aliphatic hydroxyl groups excluding tert-OH is 1. The Hall–Kier alpha value is -2.76. The standard InChI is InChI=1S/C27H33NO7S2/c1-20(28-18-23(29)19-35-24-7-5-4-6-8-24)17-27(30,21-9-13-25(14-10-21)36(2,31)32)22-11-15-26(16-12-22)37(3,33)34/h4-16,20,23,28-30H,17-19H2,1-3H3/t20?,23-/m0/s1. The lowest BCUT2D eigenvalue weighted by Gasteiger charge is -2.33. The number of ether oxygens (including phenoxy) is 1. The van der Waals surface area contributed by atoms with Gasteiger partial charge in [-0.2, -0.15) is 0 Å². The maximum atomic E-state index is 11.9. The van der Waals surface area contributed by atoms with E-state index in [9.17, 15) is 27.0 Å². The van der Waals surface area contributed by atoms with Crippen LogP contribution in [0.4, 0.5) is 0 Å². The first kappa shape index (κ1) is 28.8. The van der Waals surface area contributed by atoms with Crippen molar-refractivity contribution in [3.05, 3.63) is 90.0 Å². The third kappa shape index (κ3) is 7.86. The minimum Gasteiger partial charge on any atom is -0.491 e. The molecule has 0 saturated heterocycles. The Morgan fingerprint density at radius 2 is 1.27 bits per heavy atom. The molecule has 8 nitrogen and oxygen atoms in total. The third-order valence-electron chi connectivity index (χ3n) is 6.01. The fourth-order valence-corrected chi connectivity index (χ4v) is 5.24. The lowest BCUT2D eigenvalue weighted by atomic mass is 9.81. The number of rotatable bonds is 12. The second-order valence-electron chi connectivity index (χ2n) is 9.24. The van der Waals surface area contributed by atoms with Crippen LogP contribution in [0.5, 0.6) is 5.75 Å². The highest BCUT2D eigenvalue weighted by Gasteiger charge is 2.34. The summed E-state index contributed by atoms with van der Waals surface area (Å²) in [6.07, 6.45) is 1.59. The molecular weight excluding hydrogens is 514 g/mol. The molecule has 0 saturated carbocycles. The van der Waals surface area contributed by atoms with Gasteiger partial charge < -0.3 is 20.3 Å². The first-order valence-corrected chi connectivity index (χ1v) is 15.5. The molecule has 0 amide bonds. The predicted octanol–water partition coefficient (Wildman–Crippen LogP) is 2.54. The maximum absolute atomic E-state index is 11.9. The number of aliphatic hydroxyl groups is 2. The molecule has 0 spiro atoms. The average Bonchev–Trinajstić information content (AvgIpc) is 2.86. The highest BCUT2D eigenvalue weighted by atomic mass is 32.2. The molecule has 2 atom stereocenters. The second kappa shape index (κ2) is 11.7. The van der Waals surface area contributed by atoms with E-state index in [0.29, 0.717) is 16.9 Å². The van der Waals surface area contributed by atoms with E-state index in [-0.39, 0.29) is 35.4 Å². The number of benzene rings is 3. The normalized spacial score (nSPS) is 14.2. The molecule has 37 heavy (non-hydrogen) atoms. The zero-order valence-corrected chi connectivity index (χ0v) is 22.7. The molecule has 10 heteroatoms. The molecule has 0 aliphatic carbocycles. The van der Waals surface area contributed by atoms with E-state index in [2.05, 4.69) is 5.32 Å². The van der Waals surface area contributed by atoms with E-state index in [1.54, 1.807) is 36.4 Å². The summed E-state index contributed by atoms with van der Waals surface area (Å²) in [6.45, 7) is 2.16. The van der Waals surface area contributed by atoms with Crippen LogP contribution in [-0.4, -0.2) is 64.9 Å². The minimum atomic E-state index is -3.42. The molecule has 0 bridgehead atoms. The number of nitrogens with one attached hydrogen (secondary N) is 1. The third-order valence-corrected chi connectivity index (χ3v) is 8.27. The van der Waals surface area contributed by atoms with Crippen molar-refractivity contribution in [2.45, 2.75) is 40.9 Å². The van der Waals surface area contributed by atoms with Gasteiger partial charge in [0.25, 0.3) is 0 Å². The topological polar surface area (TPSA) is 130 Å². The Bertz CT molecular complexity index is 1300. The van der Waals surface area contributed by atoms with E-state index >= 15 is 0 Å². The van der Waals surface area contributed by atoms with Crippen LogP contribution < -0.4 is 10.1 Å². The first-order valence-electron chi connectivity index (χ1n) is 11.7. The largest absolute Gasteiger partial charge is 0.491 e. The minimum absolute atomic E-state index is 0.0912. The number of hydrogen-bond acceptors (Lipinski definition) is 8. The number of para-hydroxylation sites is 1. The van der Waals surface area contributed by atoms with E-state index in [0.717, 1.165) is 12.5 Å². The molecule has 200 valence electrons. The van der Waals surface area contributed by atoms with Crippen LogP contribution in [0, 0.1) is 0 Å². The van der Waals surface area contributed by atoms with Crippen molar-refractivity contribution >= 4 is 19.7 Å². The molecule has 0 aromatic heterocycles. The van der Waals surface area contributed by atoms with E-state index in [1.165, 1.54) is 24.3 Å². The summed E-state index contributed by atoms with van der Waals surface area (Å²) in [4.78, 5) is 0.248. The molecule has 3 N–H and O–H groups in total. The Balaban J connectivity index is 1.79. The molecule has 3 aromatic carbocycles. The molecule has 0 radical (unpaired) electrons. The summed E-state index contributed by atoms with van der Waals surface area (Å²) in [7, 11) is -6.84.